The van der Waals surface area contributed by atoms with Gasteiger partial charge in [0, 0.05) is 31.4 Å². The van der Waals surface area contributed by atoms with E-state index in [4.69, 9.17) is 4.98 Å². The van der Waals surface area contributed by atoms with E-state index in [0.717, 1.165) is 21.5 Å². The summed E-state index contributed by atoms with van der Waals surface area (Å²) in [5, 5.41) is 5.59. The number of fused-ring (bicyclic) bond motifs is 1. The van der Waals surface area contributed by atoms with Crippen molar-refractivity contribution in [2.24, 2.45) is 5.92 Å². The second-order valence-corrected chi connectivity index (χ2v) is 7.68. The molecule has 4 rings (SSSR count). The van der Waals surface area contributed by atoms with Crippen molar-refractivity contribution in [3.63, 3.8) is 0 Å². The lowest BCUT2D eigenvalue weighted by atomic mass is 9.95. The SMILES string of the molecule is CNC(=O)C1CCN(C(=O)c2cc(-c3cccs3)nc3ccccc23)CC1. The molecule has 1 saturated heterocycles. The van der Waals surface area contributed by atoms with Gasteiger partial charge in [-0.1, -0.05) is 24.3 Å². The Morgan fingerprint density at radius 2 is 1.93 bits per heavy atom. The number of nitrogens with zero attached hydrogens (tertiary/aromatic N) is 2. The van der Waals surface area contributed by atoms with Crippen molar-refractivity contribution < 1.29 is 9.59 Å². The minimum atomic E-state index is -0.00471. The van der Waals surface area contributed by atoms with Crippen molar-refractivity contribution in [1.29, 1.82) is 0 Å². The number of rotatable bonds is 3. The normalized spacial score (nSPS) is 15.1. The van der Waals surface area contributed by atoms with Gasteiger partial charge in [-0.3, -0.25) is 9.59 Å². The van der Waals surface area contributed by atoms with E-state index in [1.807, 2.05) is 52.7 Å². The average Bonchev–Trinajstić information content (AvgIpc) is 3.27. The number of aromatic nitrogens is 1. The first-order valence-corrected chi connectivity index (χ1v) is 10.00. The Morgan fingerprint density at radius 1 is 1.15 bits per heavy atom. The van der Waals surface area contributed by atoms with Crippen molar-refractivity contribution >= 4 is 34.1 Å². The Kier molecular flexibility index (Phi) is 4.90. The minimum Gasteiger partial charge on any atom is -0.359 e. The maximum Gasteiger partial charge on any atom is 0.254 e. The number of nitrogens with one attached hydrogen (secondary N) is 1. The molecular weight excluding hydrogens is 358 g/mol. The van der Waals surface area contributed by atoms with Crippen molar-refractivity contribution in [1.82, 2.24) is 15.2 Å². The molecule has 3 heterocycles. The highest BCUT2D eigenvalue weighted by atomic mass is 32.1. The number of hydrogen-bond donors (Lipinski definition) is 1. The monoisotopic (exact) mass is 379 g/mol. The van der Waals surface area contributed by atoms with Crippen LogP contribution in [0.1, 0.15) is 23.2 Å². The van der Waals surface area contributed by atoms with Gasteiger partial charge in [0.1, 0.15) is 0 Å². The second kappa shape index (κ2) is 7.48. The molecule has 0 saturated carbocycles. The topological polar surface area (TPSA) is 62.3 Å². The quantitative estimate of drug-likeness (QED) is 0.757. The maximum absolute atomic E-state index is 13.3. The van der Waals surface area contributed by atoms with Crippen molar-refractivity contribution in [2.75, 3.05) is 20.1 Å². The summed E-state index contributed by atoms with van der Waals surface area (Å²) in [6.45, 7) is 1.20. The van der Waals surface area contributed by atoms with Crippen LogP contribution in [0.4, 0.5) is 0 Å². The molecule has 1 aliphatic heterocycles. The van der Waals surface area contributed by atoms with E-state index in [2.05, 4.69) is 5.32 Å². The average molecular weight is 379 g/mol. The van der Waals surface area contributed by atoms with E-state index in [9.17, 15) is 9.59 Å². The Hall–Kier alpha value is -2.73. The highest BCUT2D eigenvalue weighted by Gasteiger charge is 2.28. The van der Waals surface area contributed by atoms with Gasteiger partial charge in [-0.2, -0.15) is 0 Å². The molecule has 3 aromatic rings. The predicted molar refractivity (Wildman–Crippen MR) is 108 cm³/mol. The van der Waals surface area contributed by atoms with E-state index in [1.165, 1.54) is 0 Å². The van der Waals surface area contributed by atoms with Crippen LogP contribution in [-0.2, 0) is 4.79 Å². The lowest BCUT2D eigenvalue weighted by molar-refractivity contribution is -0.125. The molecule has 0 unspecified atom stereocenters. The number of benzene rings is 1. The fourth-order valence-corrected chi connectivity index (χ4v) is 4.31. The van der Waals surface area contributed by atoms with Gasteiger partial charge < -0.3 is 10.2 Å². The summed E-state index contributed by atoms with van der Waals surface area (Å²) in [6.07, 6.45) is 1.40. The van der Waals surface area contributed by atoms with Crippen LogP contribution in [0.2, 0.25) is 0 Å². The summed E-state index contributed by atoms with van der Waals surface area (Å²) in [5.74, 6) is 0.0770. The van der Waals surface area contributed by atoms with Gasteiger partial charge in [0.25, 0.3) is 5.91 Å². The van der Waals surface area contributed by atoms with Gasteiger partial charge in [-0.05, 0) is 36.4 Å². The van der Waals surface area contributed by atoms with Crippen LogP contribution < -0.4 is 5.32 Å². The van der Waals surface area contributed by atoms with E-state index < -0.39 is 0 Å². The minimum absolute atomic E-state index is 0.00471. The summed E-state index contributed by atoms with van der Waals surface area (Å²) in [5.41, 5.74) is 2.33. The zero-order valence-electron chi connectivity index (χ0n) is 15.1. The van der Waals surface area contributed by atoms with Crippen LogP contribution in [0, 0.1) is 5.92 Å². The van der Waals surface area contributed by atoms with Crippen LogP contribution in [0.3, 0.4) is 0 Å². The molecule has 2 amide bonds. The molecular formula is C21H21N3O2S. The number of likely N-dealkylation sites (tertiary alicyclic amines) is 1. The molecule has 2 aromatic heterocycles. The molecule has 1 fully saturated rings. The largest absolute Gasteiger partial charge is 0.359 e. The molecule has 1 aliphatic rings. The molecule has 1 aromatic carbocycles. The van der Waals surface area contributed by atoms with E-state index in [1.54, 1.807) is 18.4 Å². The number of carbonyl (C=O) groups is 2. The van der Waals surface area contributed by atoms with E-state index in [0.29, 0.717) is 31.5 Å². The van der Waals surface area contributed by atoms with Gasteiger partial charge in [-0.15, -0.1) is 11.3 Å². The summed E-state index contributed by atoms with van der Waals surface area (Å²) in [7, 11) is 1.66. The number of pyridine rings is 1. The first-order chi connectivity index (χ1) is 13.2. The third-order valence-electron chi connectivity index (χ3n) is 5.12. The summed E-state index contributed by atoms with van der Waals surface area (Å²) >= 11 is 1.61. The van der Waals surface area contributed by atoms with Gasteiger partial charge in [0.2, 0.25) is 5.91 Å². The molecule has 0 radical (unpaired) electrons. The van der Waals surface area contributed by atoms with Gasteiger partial charge in [0.05, 0.1) is 21.7 Å². The fraction of sp³-hybridized carbons (Fsp3) is 0.286. The smallest absolute Gasteiger partial charge is 0.254 e. The number of hydrogen-bond acceptors (Lipinski definition) is 4. The molecule has 138 valence electrons. The number of thiophene rings is 1. The lowest BCUT2D eigenvalue weighted by Gasteiger charge is -2.31. The molecule has 0 aliphatic carbocycles. The fourth-order valence-electron chi connectivity index (χ4n) is 3.62. The summed E-state index contributed by atoms with van der Waals surface area (Å²) < 4.78 is 0. The highest BCUT2D eigenvalue weighted by molar-refractivity contribution is 7.13. The maximum atomic E-state index is 13.3. The van der Waals surface area contributed by atoms with Crippen molar-refractivity contribution in [3.05, 3.63) is 53.4 Å². The van der Waals surface area contributed by atoms with Gasteiger partial charge >= 0.3 is 0 Å². The predicted octanol–water partition coefficient (Wildman–Crippen LogP) is 3.56. The molecule has 27 heavy (non-hydrogen) atoms. The Bertz CT molecular complexity index is 976. The van der Waals surface area contributed by atoms with Crippen LogP contribution in [-0.4, -0.2) is 41.8 Å². The van der Waals surface area contributed by atoms with Gasteiger partial charge in [0.15, 0.2) is 0 Å². The number of amides is 2. The van der Waals surface area contributed by atoms with Crippen LogP contribution in [0.5, 0.6) is 0 Å². The standard InChI is InChI=1S/C21H21N3O2S/c1-22-20(25)14-8-10-24(11-9-14)21(26)16-13-18(19-7-4-12-27-19)23-17-6-3-2-5-15(16)17/h2-7,12-14H,8-11H2,1H3,(H,22,25). The highest BCUT2D eigenvalue weighted by Crippen LogP contribution is 2.29. The first-order valence-electron chi connectivity index (χ1n) is 9.12. The number of piperidine rings is 1. The van der Waals surface area contributed by atoms with Crippen molar-refractivity contribution in [3.8, 4) is 10.6 Å². The Labute approximate surface area is 162 Å². The third-order valence-corrected chi connectivity index (χ3v) is 6.01. The molecule has 0 bridgehead atoms. The Morgan fingerprint density at radius 3 is 2.63 bits per heavy atom. The second-order valence-electron chi connectivity index (χ2n) is 6.73. The molecule has 0 spiro atoms. The van der Waals surface area contributed by atoms with Crippen LogP contribution in [0.25, 0.3) is 21.5 Å². The van der Waals surface area contributed by atoms with Gasteiger partial charge in [-0.25, -0.2) is 4.98 Å². The number of carbonyl (C=O) groups excluding carboxylic acids is 2. The summed E-state index contributed by atoms with van der Waals surface area (Å²) in [4.78, 5) is 32.8. The molecule has 5 nitrogen and oxygen atoms in total. The molecule has 0 atom stereocenters. The molecule has 6 heteroatoms. The molecule has 1 N–H and O–H groups in total. The first kappa shape index (κ1) is 17.7. The Balaban J connectivity index is 1.66. The zero-order valence-corrected chi connectivity index (χ0v) is 16.0. The summed E-state index contributed by atoms with van der Waals surface area (Å²) in [6, 6.07) is 13.7. The lowest BCUT2D eigenvalue weighted by Crippen LogP contribution is -2.42. The zero-order chi connectivity index (χ0) is 18.8. The third kappa shape index (κ3) is 3.45. The van der Waals surface area contributed by atoms with E-state index in [-0.39, 0.29) is 17.7 Å². The van der Waals surface area contributed by atoms with Crippen LogP contribution in [0.15, 0.2) is 47.8 Å². The van der Waals surface area contributed by atoms with Crippen LogP contribution >= 0.6 is 11.3 Å². The van der Waals surface area contributed by atoms with Crippen molar-refractivity contribution in [2.45, 2.75) is 12.8 Å². The number of para-hydroxylation sites is 1. The van der Waals surface area contributed by atoms with E-state index >= 15 is 0 Å².